The minimum absolute atomic E-state index is 0.279. The monoisotopic (exact) mass is 224 g/mol. The molecular weight excluding hydrogens is 208 g/mol. The lowest BCUT2D eigenvalue weighted by Gasteiger charge is -2.13. The molecule has 1 atom stereocenters. The van der Waals surface area contributed by atoms with E-state index < -0.39 is 5.97 Å². The van der Waals surface area contributed by atoms with Gasteiger partial charge in [0, 0.05) is 19.0 Å². The Kier molecular flexibility index (Phi) is 3.56. The molecule has 0 aromatic carbocycles. The van der Waals surface area contributed by atoms with E-state index in [1.807, 2.05) is 6.07 Å². The van der Waals surface area contributed by atoms with Crippen LogP contribution in [-0.4, -0.2) is 34.2 Å². The van der Waals surface area contributed by atoms with Crippen molar-refractivity contribution in [1.82, 2.24) is 10.1 Å². The Balaban J connectivity index is 1.73. The number of carboxylic acids is 1. The molecule has 1 saturated heterocycles. The number of carbonyl (C=O) groups is 1. The lowest BCUT2D eigenvalue weighted by Crippen LogP contribution is -2.20. The van der Waals surface area contributed by atoms with Gasteiger partial charge in [-0.2, -0.15) is 0 Å². The number of aromatic nitrogens is 1. The van der Waals surface area contributed by atoms with Gasteiger partial charge in [0.05, 0.1) is 12.7 Å². The van der Waals surface area contributed by atoms with E-state index in [-0.39, 0.29) is 6.42 Å². The SMILES string of the molecule is O=C(O)CCC1CCN(Cc2ccno2)C1. The van der Waals surface area contributed by atoms with Crippen molar-refractivity contribution in [2.75, 3.05) is 13.1 Å². The standard InChI is InChI=1S/C11H16N2O3/c14-11(15)2-1-9-4-6-13(7-9)8-10-3-5-12-16-10/h3,5,9H,1-2,4,6-8H2,(H,14,15). The normalized spacial score (nSPS) is 21.4. The maximum absolute atomic E-state index is 10.5. The summed E-state index contributed by atoms with van der Waals surface area (Å²) < 4.78 is 5.04. The molecule has 0 amide bonds. The maximum Gasteiger partial charge on any atom is 0.303 e. The molecule has 0 radical (unpaired) electrons. The molecule has 1 aliphatic rings. The van der Waals surface area contributed by atoms with Crippen molar-refractivity contribution in [3.8, 4) is 0 Å². The highest BCUT2D eigenvalue weighted by molar-refractivity contribution is 5.66. The molecule has 5 nitrogen and oxygen atoms in total. The van der Waals surface area contributed by atoms with Crippen LogP contribution in [0.15, 0.2) is 16.8 Å². The van der Waals surface area contributed by atoms with Gasteiger partial charge in [0.15, 0.2) is 5.76 Å². The first kappa shape index (κ1) is 11.1. The summed E-state index contributed by atoms with van der Waals surface area (Å²) in [5, 5.41) is 12.3. The summed E-state index contributed by atoms with van der Waals surface area (Å²) in [6, 6.07) is 1.87. The number of aliphatic carboxylic acids is 1. The fourth-order valence-electron chi connectivity index (χ4n) is 2.16. The van der Waals surface area contributed by atoms with Gasteiger partial charge in [-0.05, 0) is 25.3 Å². The van der Waals surface area contributed by atoms with Crippen LogP contribution in [0.3, 0.4) is 0 Å². The van der Waals surface area contributed by atoms with Crippen LogP contribution in [0.25, 0.3) is 0 Å². The van der Waals surface area contributed by atoms with Gasteiger partial charge in [-0.25, -0.2) is 0 Å². The number of rotatable bonds is 5. The van der Waals surface area contributed by atoms with Crippen LogP contribution in [0.2, 0.25) is 0 Å². The van der Waals surface area contributed by atoms with Gasteiger partial charge in [0.2, 0.25) is 0 Å². The van der Waals surface area contributed by atoms with E-state index in [4.69, 9.17) is 9.63 Å². The Hall–Kier alpha value is -1.36. The van der Waals surface area contributed by atoms with Crippen molar-refractivity contribution in [1.29, 1.82) is 0 Å². The lowest BCUT2D eigenvalue weighted by atomic mass is 10.0. The molecule has 0 spiro atoms. The number of carboxylic acid groups (broad SMARTS) is 1. The summed E-state index contributed by atoms with van der Waals surface area (Å²) in [5.41, 5.74) is 0. The summed E-state index contributed by atoms with van der Waals surface area (Å²) in [6.45, 7) is 2.77. The minimum Gasteiger partial charge on any atom is -0.481 e. The molecule has 2 heterocycles. The lowest BCUT2D eigenvalue weighted by molar-refractivity contribution is -0.137. The van der Waals surface area contributed by atoms with Gasteiger partial charge in [-0.15, -0.1) is 0 Å². The third kappa shape index (κ3) is 3.06. The average molecular weight is 224 g/mol. The number of hydrogen-bond donors (Lipinski definition) is 1. The quantitative estimate of drug-likeness (QED) is 0.818. The second kappa shape index (κ2) is 5.12. The molecule has 0 saturated carbocycles. The Bertz CT molecular complexity index is 337. The van der Waals surface area contributed by atoms with Crippen molar-refractivity contribution in [3.05, 3.63) is 18.0 Å². The van der Waals surface area contributed by atoms with E-state index in [2.05, 4.69) is 10.1 Å². The van der Waals surface area contributed by atoms with Crippen LogP contribution in [0, 0.1) is 5.92 Å². The maximum atomic E-state index is 10.5. The number of likely N-dealkylation sites (tertiary alicyclic amines) is 1. The van der Waals surface area contributed by atoms with Gasteiger partial charge in [-0.3, -0.25) is 9.69 Å². The number of nitrogens with zero attached hydrogens (tertiary/aromatic N) is 2. The second-order valence-electron chi connectivity index (χ2n) is 4.30. The van der Waals surface area contributed by atoms with E-state index >= 15 is 0 Å². The molecular formula is C11H16N2O3. The molecule has 1 aromatic rings. The molecule has 0 bridgehead atoms. The summed E-state index contributed by atoms with van der Waals surface area (Å²) >= 11 is 0. The topological polar surface area (TPSA) is 66.6 Å². The van der Waals surface area contributed by atoms with Crippen molar-refractivity contribution >= 4 is 5.97 Å². The van der Waals surface area contributed by atoms with Crippen LogP contribution in [0.1, 0.15) is 25.0 Å². The van der Waals surface area contributed by atoms with Crippen molar-refractivity contribution in [2.24, 2.45) is 5.92 Å². The predicted molar refractivity (Wildman–Crippen MR) is 56.8 cm³/mol. The first-order valence-corrected chi connectivity index (χ1v) is 5.58. The van der Waals surface area contributed by atoms with E-state index in [1.54, 1.807) is 6.20 Å². The highest BCUT2D eigenvalue weighted by Crippen LogP contribution is 2.22. The Morgan fingerprint density at radius 1 is 1.69 bits per heavy atom. The fourth-order valence-corrected chi connectivity index (χ4v) is 2.16. The zero-order chi connectivity index (χ0) is 11.4. The third-order valence-electron chi connectivity index (χ3n) is 3.01. The van der Waals surface area contributed by atoms with Gasteiger partial charge in [-0.1, -0.05) is 5.16 Å². The summed E-state index contributed by atoms with van der Waals surface area (Å²) in [6.07, 6.45) is 3.79. The smallest absolute Gasteiger partial charge is 0.303 e. The Morgan fingerprint density at radius 3 is 3.25 bits per heavy atom. The first-order valence-electron chi connectivity index (χ1n) is 5.58. The summed E-state index contributed by atoms with van der Waals surface area (Å²) in [5.74, 6) is 0.687. The van der Waals surface area contributed by atoms with Crippen LogP contribution in [0.4, 0.5) is 0 Å². The molecule has 1 fully saturated rings. The summed E-state index contributed by atoms with van der Waals surface area (Å²) in [4.78, 5) is 12.7. The molecule has 1 aromatic heterocycles. The van der Waals surface area contributed by atoms with Crippen LogP contribution in [-0.2, 0) is 11.3 Å². The molecule has 2 rings (SSSR count). The molecule has 1 aliphatic heterocycles. The molecule has 16 heavy (non-hydrogen) atoms. The van der Waals surface area contributed by atoms with E-state index in [0.29, 0.717) is 5.92 Å². The third-order valence-corrected chi connectivity index (χ3v) is 3.01. The molecule has 0 aliphatic carbocycles. The fraction of sp³-hybridized carbons (Fsp3) is 0.636. The molecule has 88 valence electrons. The molecule has 5 heteroatoms. The average Bonchev–Trinajstić information content (AvgIpc) is 2.87. The molecule has 1 N–H and O–H groups in total. The minimum atomic E-state index is -0.700. The van der Waals surface area contributed by atoms with Crippen molar-refractivity contribution in [3.63, 3.8) is 0 Å². The van der Waals surface area contributed by atoms with Gasteiger partial charge < -0.3 is 9.63 Å². The Morgan fingerprint density at radius 2 is 2.56 bits per heavy atom. The van der Waals surface area contributed by atoms with Crippen LogP contribution < -0.4 is 0 Å². The number of hydrogen-bond acceptors (Lipinski definition) is 4. The van der Waals surface area contributed by atoms with E-state index in [1.165, 1.54) is 0 Å². The van der Waals surface area contributed by atoms with Crippen molar-refractivity contribution in [2.45, 2.75) is 25.8 Å². The zero-order valence-corrected chi connectivity index (χ0v) is 9.13. The van der Waals surface area contributed by atoms with E-state index in [9.17, 15) is 4.79 Å². The molecule has 1 unspecified atom stereocenters. The summed E-state index contributed by atoms with van der Waals surface area (Å²) in [7, 11) is 0. The van der Waals surface area contributed by atoms with Crippen LogP contribution >= 0.6 is 0 Å². The van der Waals surface area contributed by atoms with Gasteiger partial charge in [0.1, 0.15) is 0 Å². The first-order chi connectivity index (χ1) is 7.74. The second-order valence-corrected chi connectivity index (χ2v) is 4.30. The largest absolute Gasteiger partial charge is 0.481 e. The van der Waals surface area contributed by atoms with E-state index in [0.717, 1.165) is 38.2 Å². The Labute approximate surface area is 94.0 Å². The highest BCUT2D eigenvalue weighted by Gasteiger charge is 2.23. The van der Waals surface area contributed by atoms with Gasteiger partial charge >= 0.3 is 5.97 Å². The zero-order valence-electron chi connectivity index (χ0n) is 9.13. The van der Waals surface area contributed by atoms with Gasteiger partial charge in [0.25, 0.3) is 0 Å². The van der Waals surface area contributed by atoms with Crippen molar-refractivity contribution < 1.29 is 14.4 Å². The predicted octanol–water partition coefficient (Wildman–Crippen LogP) is 1.36. The highest BCUT2D eigenvalue weighted by atomic mass is 16.5. The van der Waals surface area contributed by atoms with Crippen LogP contribution in [0.5, 0.6) is 0 Å².